The molecule has 0 bridgehead atoms. The number of fused-ring (bicyclic) bond motifs is 1. The third-order valence-electron chi connectivity index (χ3n) is 6.36. The average molecular weight is 329 g/mol. The van der Waals surface area contributed by atoms with Crippen LogP contribution in [-0.2, 0) is 13.0 Å². The molecular formula is C19H27N3O2. The first-order chi connectivity index (χ1) is 11.7. The molecule has 5 nitrogen and oxygen atoms in total. The molecule has 4 rings (SSSR count). The maximum absolute atomic E-state index is 11.6. The summed E-state index contributed by atoms with van der Waals surface area (Å²) >= 11 is 0. The summed E-state index contributed by atoms with van der Waals surface area (Å²) in [6.07, 6.45) is 12.6. The Morgan fingerprint density at radius 3 is 2.88 bits per heavy atom. The Morgan fingerprint density at radius 2 is 2.12 bits per heavy atom. The number of pyridine rings is 1. The smallest absolute Gasteiger partial charge is 0.276 e. The molecule has 1 spiro atoms. The van der Waals surface area contributed by atoms with Crippen LogP contribution in [0.2, 0.25) is 0 Å². The maximum atomic E-state index is 11.6. The van der Waals surface area contributed by atoms with E-state index in [-0.39, 0.29) is 0 Å². The van der Waals surface area contributed by atoms with Crippen molar-refractivity contribution in [2.75, 3.05) is 13.1 Å². The van der Waals surface area contributed by atoms with Crippen LogP contribution >= 0.6 is 0 Å². The van der Waals surface area contributed by atoms with Gasteiger partial charge < -0.3 is 0 Å². The number of aromatic nitrogens is 1. The van der Waals surface area contributed by atoms with Crippen molar-refractivity contribution in [3.05, 3.63) is 29.1 Å². The molecule has 2 N–H and O–H groups in total. The van der Waals surface area contributed by atoms with Crippen molar-refractivity contribution in [1.82, 2.24) is 15.4 Å². The van der Waals surface area contributed by atoms with E-state index < -0.39 is 5.91 Å². The van der Waals surface area contributed by atoms with E-state index in [0.29, 0.717) is 11.0 Å². The molecule has 2 heterocycles. The topological polar surface area (TPSA) is 65.5 Å². The van der Waals surface area contributed by atoms with E-state index in [1.54, 1.807) is 11.7 Å². The predicted molar refractivity (Wildman–Crippen MR) is 90.7 cm³/mol. The van der Waals surface area contributed by atoms with Gasteiger partial charge in [0.05, 0.1) is 5.56 Å². The molecule has 2 saturated carbocycles. The highest BCUT2D eigenvalue weighted by atomic mass is 16.5. The zero-order valence-corrected chi connectivity index (χ0v) is 14.3. The maximum Gasteiger partial charge on any atom is 0.276 e. The van der Waals surface area contributed by atoms with Crippen LogP contribution in [0.4, 0.5) is 0 Å². The molecule has 130 valence electrons. The normalized spacial score (nSPS) is 23.5. The summed E-state index contributed by atoms with van der Waals surface area (Å²) in [4.78, 5) is 18.5. The Hall–Kier alpha value is -1.46. The Bertz CT molecular complexity index is 617. The second-order valence-electron chi connectivity index (χ2n) is 8.09. The van der Waals surface area contributed by atoms with Crippen LogP contribution in [0, 0.1) is 11.3 Å². The van der Waals surface area contributed by atoms with Crippen molar-refractivity contribution in [2.45, 2.75) is 57.9 Å². The molecule has 0 radical (unpaired) electrons. The molecule has 3 aliphatic rings. The Kier molecular flexibility index (Phi) is 4.31. The van der Waals surface area contributed by atoms with Crippen molar-refractivity contribution < 1.29 is 10.0 Å². The number of nitrogens with one attached hydrogen (secondary N) is 1. The Balaban J connectivity index is 1.35. The van der Waals surface area contributed by atoms with E-state index in [9.17, 15) is 4.79 Å². The number of rotatable bonds is 3. The molecule has 2 fully saturated rings. The van der Waals surface area contributed by atoms with Crippen molar-refractivity contribution >= 4 is 5.91 Å². The van der Waals surface area contributed by atoms with Crippen LogP contribution in [0.3, 0.4) is 0 Å². The summed E-state index contributed by atoms with van der Waals surface area (Å²) in [7, 11) is 0. The number of carbonyl (C=O) groups is 1. The third kappa shape index (κ3) is 3.07. The molecule has 0 aromatic carbocycles. The van der Waals surface area contributed by atoms with Crippen LogP contribution in [0.1, 0.15) is 66.6 Å². The fraction of sp³-hybridized carbons (Fsp3) is 0.684. The van der Waals surface area contributed by atoms with Gasteiger partial charge in [0.15, 0.2) is 0 Å². The zero-order valence-electron chi connectivity index (χ0n) is 14.3. The summed E-state index contributed by atoms with van der Waals surface area (Å²) in [5.41, 5.74) is 5.05. The predicted octanol–water partition coefficient (Wildman–Crippen LogP) is 2.92. The minimum Gasteiger partial charge on any atom is -0.298 e. The van der Waals surface area contributed by atoms with Crippen molar-refractivity contribution in [1.29, 1.82) is 0 Å². The SMILES string of the molecule is O=C(NO)c1cnc2c(c1)CN(CC1CC3(CCCCC3)C1)CC2. The Morgan fingerprint density at radius 1 is 1.33 bits per heavy atom. The first-order valence-electron chi connectivity index (χ1n) is 9.32. The summed E-state index contributed by atoms with van der Waals surface area (Å²) < 4.78 is 0. The van der Waals surface area contributed by atoms with Crippen LogP contribution < -0.4 is 5.48 Å². The molecule has 1 amide bonds. The summed E-state index contributed by atoms with van der Waals surface area (Å²) in [5.74, 6) is 0.363. The van der Waals surface area contributed by atoms with E-state index >= 15 is 0 Å². The number of hydroxylamine groups is 1. The highest BCUT2D eigenvalue weighted by molar-refractivity contribution is 5.93. The molecule has 1 aromatic heterocycles. The molecule has 2 aliphatic carbocycles. The summed E-state index contributed by atoms with van der Waals surface area (Å²) in [5, 5.41) is 8.79. The monoisotopic (exact) mass is 329 g/mol. The van der Waals surface area contributed by atoms with Gasteiger partial charge in [0.1, 0.15) is 0 Å². The van der Waals surface area contributed by atoms with E-state index in [0.717, 1.165) is 36.7 Å². The lowest BCUT2D eigenvalue weighted by Crippen LogP contribution is -2.45. The largest absolute Gasteiger partial charge is 0.298 e. The summed E-state index contributed by atoms with van der Waals surface area (Å²) in [6.45, 7) is 3.12. The second-order valence-corrected chi connectivity index (χ2v) is 8.09. The fourth-order valence-electron chi connectivity index (χ4n) is 5.20. The van der Waals surface area contributed by atoms with Gasteiger partial charge in [-0.05, 0) is 48.6 Å². The lowest BCUT2D eigenvalue weighted by Gasteiger charge is -2.52. The first-order valence-corrected chi connectivity index (χ1v) is 9.32. The highest BCUT2D eigenvalue weighted by Crippen LogP contribution is 2.54. The van der Waals surface area contributed by atoms with Crippen molar-refractivity contribution in [2.24, 2.45) is 11.3 Å². The van der Waals surface area contributed by atoms with Gasteiger partial charge in [-0.15, -0.1) is 0 Å². The number of carbonyl (C=O) groups excluding carboxylic acids is 1. The molecular weight excluding hydrogens is 302 g/mol. The van der Waals surface area contributed by atoms with Gasteiger partial charge in [-0.25, -0.2) is 5.48 Å². The van der Waals surface area contributed by atoms with Gasteiger partial charge >= 0.3 is 0 Å². The van der Waals surface area contributed by atoms with Crippen molar-refractivity contribution in [3.63, 3.8) is 0 Å². The first kappa shape index (κ1) is 16.0. The van der Waals surface area contributed by atoms with E-state index in [2.05, 4.69) is 9.88 Å². The van der Waals surface area contributed by atoms with Crippen LogP contribution in [-0.4, -0.2) is 34.1 Å². The minimum absolute atomic E-state index is 0.433. The van der Waals surface area contributed by atoms with Gasteiger partial charge in [0.2, 0.25) is 0 Å². The third-order valence-corrected chi connectivity index (χ3v) is 6.36. The van der Waals surface area contributed by atoms with Crippen LogP contribution in [0.5, 0.6) is 0 Å². The number of hydrogen-bond acceptors (Lipinski definition) is 4. The number of hydrogen-bond donors (Lipinski definition) is 2. The molecule has 1 aromatic rings. The Labute approximate surface area is 143 Å². The van der Waals surface area contributed by atoms with Gasteiger partial charge in [-0.1, -0.05) is 19.3 Å². The molecule has 0 saturated heterocycles. The molecule has 0 atom stereocenters. The van der Waals surface area contributed by atoms with Gasteiger partial charge in [0, 0.05) is 37.9 Å². The number of nitrogens with zero attached hydrogens (tertiary/aromatic N) is 2. The lowest BCUT2D eigenvalue weighted by atomic mass is 9.56. The molecule has 24 heavy (non-hydrogen) atoms. The quantitative estimate of drug-likeness (QED) is 0.661. The standard InChI is InChI=1S/C19H27N3O2/c23-18(21-24)15-8-16-13-22(7-4-17(16)20-11-15)12-14-9-19(10-14)5-2-1-3-6-19/h8,11,14,24H,1-7,9-10,12-13H2,(H,21,23). The molecule has 5 heteroatoms. The van der Waals surface area contributed by atoms with E-state index in [4.69, 9.17) is 5.21 Å². The van der Waals surface area contributed by atoms with Gasteiger partial charge in [-0.2, -0.15) is 0 Å². The zero-order chi connectivity index (χ0) is 16.6. The number of amides is 1. The van der Waals surface area contributed by atoms with Crippen LogP contribution in [0.15, 0.2) is 12.3 Å². The van der Waals surface area contributed by atoms with Crippen LogP contribution in [0.25, 0.3) is 0 Å². The average Bonchev–Trinajstić information content (AvgIpc) is 2.60. The fourth-order valence-corrected chi connectivity index (χ4v) is 5.20. The molecule has 0 unspecified atom stereocenters. The van der Waals surface area contributed by atoms with Gasteiger partial charge in [0.25, 0.3) is 5.91 Å². The second kappa shape index (κ2) is 6.45. The van der Waals surface area contributed by atoms with E-state index in [1.807, 2.05) is 6.07 Å². The molecule has 1 aliphatic heterocycles. The summed E-state index contributed by atoms with van der Waals surface area (Å²) in [6, 6.07) is 1.88. The van der Waals surface area contributed by atoms with Crippen molar-refractivity contribution in [3.8, 4) is 0 Å². The van der Waals surface area contributed by atoms with Gasteiger partial charge in [-0.3, -0.25) is 19.9 Å². The minimum atomic E-state index is -0.486. The highest BCUT2D eigenvalue weighted by Gasteiger charge is 2.44. The van der Waals surface area contributed by atoms with E-state index in [1.165, 1.54) is 51.5 Å². The lowest BCUT2D eigenvalue weighted by molar-refractivity contribution is -0.00524.